The largest absolute Gasteiger partial charge is 0.490 e. The number of halogens is 3. The number of ether oxygens (including phenoxy) is 2. The summed E-state index contributed by atoms with van der Waals surface area (Å²) in [4.78, 5) is 39.1. The molecule has 0 bridgehead atoms. The van der Waals surface area contributed by atoms with Crippen molar-refractivity contribution < 1.29 is 28.2 Å². The van der Waals surface area contributed by atoms with Crippen molar-refractivity contribution in [3.8, 4) is 11.5 Å². The minimum absolute atomic E-state index is 0.184. The number of benzene rings is 3. The normalized spacial score (nSPS) is 14.4. The van der Waals surface area contributed by atoms with Crippen molar-refractivity contribution >= 4 is 62.3 Å². The summed E-state index contributed by atoms with van der Waals surface area (Å²) < 4.78 is 25.4. The Bertz CT molecular complexity index is 1380. The molecule has 1 saturated heterocycles. The van der Waals surface area contributed by atoms with E-state index < -0.39 is 11.1 Å². The van der Waals surface area contributed by atoms with Gasteiger partial charge in [-0.25, -0.2) is 4.39 Å². The third kappa shape index (κ3) is 6.60. The zero-order chi connectivity index (χ0) is 26.5. The highest BCUT2D eigenvalue weighted by molar-refractivity contribution is 9.10. The van der Waals surface area contributed by atoms with Crippen LogP contribution in [0.4, 0.5) is 9.18 Å². The lowest BCUT2D eigenvalue weighted by atomic mass is 10.1. The van der Waals surface area contributed by atoms with E-state index in [2.05, 4.69) is 15.9 Å². The number of Topliss-reactive ketones (excluding diaryl/α,β-unsaturated/α-hetero) is 1. The monoisotopic (exact) mass is 603 g/mol. The Morgan fingerprint density at radius 2 is 1.78 bits per heavy atom. The van der Waals surface area contributed by atoms with Crippen molar-refractivity contribution in [1.82, 2.24) is 4.90 Å². The fourth-order valence-corrected chi connectivity index (χ4v) is 5.01. The molecule has 10 heteroatoms. The zero-order valence-electron chi connectivity index (χ0n) is 19.5. The number of thioether (sulfide) groups is 1. The highest BCUT2D eigenvalue weighted by Crippen LogP contribution is 2.39. The summed E-state index contributed by atoms with van der Waals surface area (Å²) in [6, 6.07) is 15.6. The fraction of sp³-hybridized carbons (Fsp3) is 0.148. The van der Waals surface area contributed by atoms with Gasteiger partial charge in [0.1, 0.15) is 12.4 Å². The van der Waals surface area contributed by atoms with Gasteiger partial charge in [-0.3, -0.25) is 19.3 Å². The Hall–Kier alpha value is -3.14. The Kier molecular flexibility index (Phi) is 8.68. The van der Waals surface area contributed by atoms with E-state index in [1.165, 1.54) is 12.1 Å². The number of carbonyl (C=O) groups excluding carboxylic acids is 3. The first-order valence-electron chi connectivity index (χ1n) is 11.1. The molecule has 4 rings (SSSR count). The lowest BCUT2D eigenvalue weighted by molar-refractivity contribution is -0.122. The average molecular weight is 605 g/mol. The molecule has 0 aromatic heterocycles. The molecule has 1 heterocycles. The smallest absolute Gasteiger partial charge is 0.293 e. The van der Waals surface area contributed by atoms with Gasteiger partial charge in [-0.05, 0) is 100 Å². The molecule has 0 N–H and O–H groups in total. The fourth-order valence-electron chi connectivity index (χ4n) is 3.47. The molecule has 1 aliphatic rings. The molecule has 0 unspecified atom stereocenters. The van der Waals surface area contributed by atoms with E-state index in [0.717, 1.165) is 22.2 Å². The van der Waals surface area contributed by atoms with Crippen LogP contribution in [-0.2, 0) is 11.4 Å². The van der Waals surface area contributed by atoms with Crippen molar-refractivity contribution in [2.45, 2.75) is 13.5 Å². The summed E-state index contributed by atoms with van der Waals surface area (Å²) in [5.74, 6) is -0.372. The van der Waals surface area contributed by atoms with Crippen molar-refractivity contribution in [2.24, 2.45) is 0 Å². The number of imide groups is 1. The van der Waals surface area contributed by atoms with E-state index in [-0.39, 0.29) is 29.7 Å². The molecule has 0 atom stereocenters. The molecule has 0 aliphatic carbocycles. The van der Waals surface area contributed by atoms with Crippen molar-refractivity contribution in [3.63, 3.8) is 0 Å². The lowest BCUT2D eigenvalue weighted by Gasteiger charge is -2.15. The second-order valence-corrected chi connectivity index (χ2v) is 10.2. The van der Waals surface area contributed by atoms with Gasteiger partial charge in [0.05, 0.1) is 22.5 Å². The van der Waals surface area contributed by atoms with Crippen LogP contribution in [-0.4, -0.2) is 35.0 Å². The molecule has 2 amide bonds. The van der Waals surface area contributed by atoms with Gasteiger partial charge < -0.3 is 9.47 Å². The first kappa shape index (κ1) is 26.9. The standard InChI is InChI=1S/C27H20BrClFNO5S/c1-2-35-23-12-17(11-21(28)25(23)36-15-16-3-9-20(30)10-4-16)13-24-26(33)31(27(34)37-24)14-22(32)18-5-7-19(29)8-6-18/h3-13H,2,14-15H2,1H3/b24-13-. The maximum atomic E-state index is 13.2. The Balaban J connectivity index is 1.52. The summed E-state index contributed by atoms with van der Waals surface area (Å²) in [7, 11) is 0. The third-order valence-electron chi connectivity index (χ3n) is 5.27. The Labute approximate surface area is 230 Å². The SMILES string of the molecule is CCOc1cc(/C=C2\SC(=O)N(CC(=O)c3ccc(Cl)cc3)C2=O)cc(Br)c1OCc1ccc(F)cc1. The molecule has 1 aliphatic heterocycles. The number of rotatable bonds is 9. The number of hydrogen-bond acceptors (Lipinski definition) is 6. The molecular weight excluding hydrogens is 585 g/mol. The van der Waals surface area contributed by atoms with Gasteiger partial charge in [-0.1, -0.05) is 23.7 Å². The molecule has 190 valence electrons. The van der Waals surface area contributed by atoms with Crippen LogP contribution in [0.25, 0.3) is 6.08 Å². The van der Waals surface area contributed by atoms with Crippen LogP contribution in [0.1, 0.15) is 28.4 Å². The van der Waals surface area contributed by atoms with Crippen LogP contribution in [0.2, 0.25) is 5.02 Å². The van der Waals surface area contributed by atoms with Crippen molar-refractivity contribution in [1.29, 1.82) is 0 Å². The third-order valence-corrected chi connectivity index (χ3v) is 7.02. The van der Waals surface area contributed by atoms with Gasteiger partial charge >= 0.3 is 0 Å². The quantitative estimate of drug-likeness (QED) is 0.191. The molecule has 0 spiro atoms. The molecule has 1 fully saturated rings. The van der Waals surface area contributed by atoms with Gasteiger partial charge in [0.2, 0.25) is 0 Å². The van der Waals surface area contributed by atoms with Crippen LogP contribution in [0.5, 0.6) is 11.5 Å². The Morgan fingerprint density at radius 1 is 1.08 bits per heavy atom. The van der Waals surface area contributed by atoms with E-state index in [1.807, 2.05) is 6.92 Å². The molecular formula is C27H20BrClFNO5S. The Morgan fingerprint density at radius 3 is 2.46 bits per heavy atom. The minimum atomic E-state index is -0.553. The number of ketones is 1. The van der Waals surface area contributed by atoms with E-state index in [9.17, 15) is 18.8 Å². The first-order chi connectivity index (χ1) is 17.7. The van der Waals surface area contributed by atoms with Crippen LogP contribution in [0.3, 0.4) is 0 Å². The van der Waals surface area contributed by atoms with Gasteiger partial charge in [0.15, 0.2) is 17.3 Å². The zero-order valence-corrected chi connectivity index (χ0v) is 22.7. The number of amides is 2. The van der Waals surface area contributed by atoms with Crippen LogP contribution < -0.4 is 9.47 Å². The highest BCUT2D eigenvalue weighted by atomic mass is 79.9. The van der Waals surface area contributed by atoms with Gasteiger partial charge in [0, 0.05) is 10.6 Å². The maximum absolute atomic E-state index is 13.2. The first-order valence-corrected chi connectivity index (χ1v) is 13.1. The van der Waals surface area contributed by atoms with Crippen LogP contribution >= 0.6 is 39.3 Å². The maximum Gasteiger partial charge on any atom is 0.293 e. The predicted octanol–water partition coefficient (Wildman–Crippen LogP) is 7.14. The van der Waals surface area contributed by atoms with Gasteiger partial charge in [0.25, 0.3) is 11.1 Å². The lowest BCUT2D eigenvalue weighted by Crippen LogP contribution is -2.33. The van der Waals surface area contributed by atoms with E-state index in [1.54, 1.807) is 54.6 Å². The van der Waals surface area contributed by atoms with Crippen molar-refractivity contribution in [2.75, 3.05) is 13.2 Å². The molecule has 6 nitrogen and oxygen atoms in total. The summed E-state index contributed by atoms with van der Waals surface area (Å²) >= 11 is 10.1. The number of carbonyl (C=O) groups is 3. The molecule has 3 aromatic rings. The summed E-state index contributed by atoms with van der Waals surface area (Å²) in [6.45, 7) is 2.02. The topological polar surface area (TPSA) is 72.9 Å². The van der Waals surface area contributed by atoms with E-state index >= 15 is 0 Å². The number of hydrogen-bond donors (Lipinski definition) is 0. The molecule has 0 radical (unpaired) electrons. The summed E-state index contributed by atoms with van der Waals surface area (Å²) in [6.07, 6.45) is 1.56. The van der Waals surface area contributed by atoms with E-state index in [0.29, 0.717) is 38.7 Å². The molecule has 37 heavy (non-hydrogen) atoms. The molecule has 0 saturated carbocycles. The minimum Gasteiger partial charge on any atom is -0.490 e. The highest BCUT2D eigenvalue weighted by Gasteiger charge is 2.36. The second-order valence-electron chi connectivity index (χ2n) is 7.88. The van der Waals surface area contributed by atoms with E-state index in [4.69, 9.17) is 21.1 Å². The average Bonchev–Trinajstić information content (AvgIpc) is 3.12. The summed E-state index contributed by atoms with van der Waals surface area (Å²) in [5, 5.41) is -0.0444. The van der Waals surface area contributed by atoms with Crippen LogP contribution in [0.15, 0.2) is 70.0 Å². The van der Waals surface area contributed by atoms with Crippen molar-refractivity contribution in [3.05, 3.63) is 97.6 Å². The van der Waals surface area contributed by atoms with Gasteiger partial charge in [-0.2, -0.15) is 0 Å². The number of nitrogens with zero attached hydrogens (tertiary/aromatic N) is 1. The molecule has 3 aromatic carbocycles. The van der Waals surface area contributed by atoms with Crippen LogP contribution in [0, 0.1) is 5.82 Å². The second kappa shape index (κ2) is 11.9. The summed E-state index contributed by atoms with van der Waals surface area (Å²) in [5.41, 5.74) is 1.73. The van der Waals surface area contributed by atoms with Gasteiger partial charge in [-0.15, -0.1) is 0 Å². The predicted molar refractivity (Wildman–Crippen MR) is 145 cm³/mol.